The summed E-state index contributed by atoms with van der Waals surface area (Å²) in [5.74, 6) is 1.18. The van der Waals surface area contributed by atoms with Gasteiger partial charge in [0.05, 0.1) is 6.61 Å². The van der Waals surface area contributed by atoms with E-state index in [9.17, 15) is 4.79 Å². The van der Waals surface area contributed by atoms with Crippen LogP contribution < -0.4 is 10.3 Å². The van der Waals surface area contributed by atoms with E-state index in [1.807, 2.05) is 25.3 Å². The highest BCUT2D eigenvalue weighted by molar-refractivity contribution is 5.19. The van der Waals surface area contributed by atoms with Crippen molar-refractivity contribution in [1.82, 2.24) is 14.9 Å². The third kappa shape index (κ3) is 4.20. The highest BCUT2D eigenvalue weighted by atomic mass is 16.5. The van der Waals surface area contributed by atoms with Crippen LogP contribution in [0.2, 0.25) is 0 Å². The predicted molar refractivity (Wildman–Crippen MR) is 89.7 cm³/mol. The van der Waals surface area contributed by atoms with Crippen molar-refractivity contribution in [3.8, 4) is 5.88 Å². The zero-order chi connectivity index (χ0) is 16.1. The number of ether oxygens (including phenoxy) is 1. The zero-order valence-electron chi connectivity index (χ0n) is 13.5. The number of hydrogen-bond donors (Lipinski definition) is 1. The van der Waals surface area contributed by atoms with Crippen LogP contribution in [-0.4, -0.2) is 34.6 Å². The van der Waals surface area contributed by atoms with Gasteiger partial charge in [-0.3, -0.25) is 9.69 Å². The summed E-state index contributed by atoms with van der Waals surface area (Å²) in [7, 11) is 0. The Morgan fingerprint density at radius 1 is 1.30 bits per heavy atom. The summed E-state index contributed by atoms with van der Waals surface area (Å²) >= 11 is 0. The van der Waals surface area contributed by atoms with Crippen molar-refractivity contribution in [2.75, 3.05) is 19.7 Å². The van der Waals surface area contributed by atoms with E-state index in [1.165, 1.54) is 5.56 Å². The first-order chi connectivity index (χ1) is 11.2. The third-order valence-electron chi connectivity index (χ3n) is 4.35. The van der Waals surface area contributed by atoms with Crippen LogP contribution in [0.1, 0.15) is 36.8 Å². The first-order valence-corrected chi connectivity index (χ1v) is 8.23. The van der Waals surface area contributed by atoms with Crippen LogP contribution >= 0.6 is 0 Å². The molecule has 1 fully saturated rings. The van der Waals surface area contributed by atoms with Gasteiger partial charge in [0, 0.05) is 31.1 Å². The molecule has 2 aromatic rings. The number of nitrogens with one attached hydrogen (secondary N) is 1. The van der Waals surface area contributed by atoms with Gasteiger partial charge in [0.25, 0.3) is 0 Å². The van der Waals surface area contributed by atoms with Gasteiger partial charge in [-0.1, -0.05) is 6.07 Å². The number of rotatable bonds is 5. The quantitative estimate of drug-likeness (QED) is 0.921. The minimum Gasteiger partial charge on any atom is -0.478 e. The molecule has 1 N–H and O–H groups in total. The maximum Gasteiger partial charge on any atom is 0.248 e. The number of likely N-dealkylation sites (tertiary alicyclic amines) is 1. The summed E-state index contributed by atoms with van der Waals surface area (Å²) in [6.07, 6.45) is 5.82. The monoisotopic (exact) mass is 313 g/mol. The summed E-state index contributed by atoms with van der Waals surface area (Å²) in [5, 5.41) is 0. The summed E-state index contributed by atoms with van der Waals surface area (Å²) in [6.45, 7) is 5.61. The molecule has 5 nitrogen and oxygen atoms in total. The van der Waals surface area contributed by atoms with Crippen molar-refractivity contribution in [3.05, 3.63) is 58.1 Å². The van der Waals surface area contributed by atoms with Crippen molar-refractivity contribution in [2.24, 2.45) is 0 Å². The lowest BCUT2D eigenvalue weighted by molar-refractivity contribution is 0.204. The lowest BCUT2D eigenvalue weighted by Gasteiger charge is -2.32. The number of piperidine rings is 1. The van der Waals surface area contributed by atoms with E-state index in [2.05, 4.69) is 20.9 Å². The minimum atomic E-state index is -0.00890. The molecule has 0 aliphatic carbocycles. The van der Waals surface area contributed by atoms with E-state index in [1.54, 1.807) is 12.3 Å². The largest absolute Gasteiger partial charge is 0.478 e. The lowest BCUT2D eigenvalue weighted by atomic mass is 9.90. The second kappa shape index (κ2) is 7.42. The lowest BCUT2D eigenvalue weighted by Crippen LogP contribution is -2.32. The number of nitrogens with zero attached hydrogens (tertiary/aromatic N) is 2. The highest BCUT2D eigenvalue weighted by Crippen LogP contribution is 2.27. The topological polar surface area (TPSA) is 58.2 Å². The molecule has 0 spiro atoms. The Hall–Kier alpha value is -2.14. The highest BCUT2D eigenvalue weighted by Gasteiger charge is 2.20. The van der Waals surface area contributed by atoms with Crippen LogP contribution in [0.25, 0.3) is 0 Å². The molecule has 122 valence electrons. The molecule has 1 aliphatic rings. The van der Waals surface area contributed by atoms with E-state index >= 15 is 0 Å². The van der Waals surface area contributed by atoms with Crippen LogP contribution in [-0.2, 0) is 6.54 Å². The molecular weight excluding hydrogens is 290 g/mol. The Labute approximate surface area is 136 Å². The van der Waals surface area contributed by atoms with E-state index in [0.29, 0.717) is 18.4 Å². The van der Waals surface area contributed by atoms with Crippen LogP contribution in [0.5, 0.6) is 5.88 Å². The fraction of sp³-hybridized carbons (Fsp3) is 0.444. The second-order valence-corrected chi connectivity index (χ2v) is 5.97. The number of H-pyrrole nitrogens is 1. The van der Waals surface area contributed by atoms with Crippen molar-refractivity contribution in [2.45, 2.75) is 32.2 Å². The Bertz CT molecular complexity index is 673. The molecule has 0 amide bonds. The molecule has 23 heavy (non-hydrogen) atoms. The predicted octanol–water partition coefficient (Wildman–Crippen LogP) is 2.55. The molecule has 1 saturated heterocycles. The van der Waals surface area contributed by atoms with Gasteiger partial charge in [0.15, 0.2) is 0 Å². The van der Waals surface area contributed by atoms with Crippen molar-refractivity contribution < 1.29 is 4.74 Å². The molecule has 0 aromatic carbocycles. The van der Waals surface area contributed by atoms with Crippen molar-refractivity contribution >= 4 is 0 Å². The smallest absolute Gasteiger partial charge is 0.248 e. The van der Waals surface area contributed by atoms with Crippen LogP contribution in [0.15, 0.2) is 41.5 Å². The normalized spacial score (nSPS) is 16.4. The zero-order valence-corrected chi connectivity index (χ0v) is 13.5. The van der Waals surface area contributed by atoms with Gasteiger partial charge >= 0.3 is 0 Å². The van der Waals surface area contributed by atoms with Gasteiger partial charge in [-0.25, -0.2) is 4.98 Å². The Balaban J connectivity index is 1.53. The first kappa shape index (κ1) is 15.7. The Morgan fingerprint density at radius 2 is 2.13 bits per heavy atom. The molecule has 0 atom stereocenters. The summed E-state index contributed by atoms with van der Waals surface area (Å²) in [6, 6.07) is 7.78. The molecule has 5 heteroatoms. The molecule has 3 rings (SSSR count). The maximum absolute atomic E-state index is 11.4. The molecule has 2 aromatic heterocycles. The third-order valence-corrected chi connectivity index (χ3v) is 4.35. The van der Waals surface area contributed by atoms with Gasteiger partial charge in [-0.05, 0) is 56.0 Å². The molecule has 0 radical (unpaired) electrons. The van der Waals surface area contributed by atoms with Gasteiger partial charge < -0.3 is 9.72 Å². The Morgan fingerprint density at radius 3 is 2.78 bits per heavy atom. The standard InChI is InChI=1S/C18H23N3O2/c1-2-23-18-4-3-14(12-20-18)13-21-9-6-15(7-10-21)16-5-8-19-17(22)11-16/h3-5,8,11-12,15H,2,6-7,9-10,13H2,1H3,(H,19,22). The molecule has 1 aliphatic heterocycles. The van der Waals surface area contributed by atoms with Gasteiger partial charge in [-0.15, -0.1) is 0 Å². The first-order valence-electron chi connectivity index (χ1n) is 8.23. The van der Waals surface area contributed by atoms with E-state index in [4.69, 9.17) is 4.74 Å². The van der Waals surface area contributed by atoms with Crippen molar-refractivity contribution in [1.29, 1.82) is 0 Å². The fourth-order valence-electron chi connectivity index (χ4n) is 3.14. The summed E-state index contributed by atoms with van der Waals surface area (Å²) in [4.78, 5) is 20.9. The number of aromatic nitrogens is 2. The van der Waals surface area contributed by atoms with Gasteiger partial charge in [-0.2, -0.15) is 0 Å². The summed E-state index contributed by atoms with van der Waals surface area (Å²) < 4.78 is 5.37. The molecule has 0 saturated carbocycles. The van der Waals surface area contributed by atoms with Crippen LogP contribution in [0.3, 0.4) is 0 Å². The number of aromatic amines is 1. The molecular formula is C18H23N3O2. The van der Waals surface area contributed by atoms with E-state index in [-0.39, 0.29) is 5.56 Å². The number of pyridine rings is 2. The second-order valence-electron chi connectivity index (χ2n) is 5.97. The summed E-state index contributed by atoms with van der Waals surface area (Å²) in [5.41, 5.74) is 2.37. The maximum atomic E-state index is 11.4. The van der Waals surface area contributed by atoms with E-state index < -0.39 is 0 Å². The average Bonchev–Trinajstić information content (AvgIpc) is 2.58. The SMILES string of the molecule is CCOc1ccc(CN2CCC(c3cc[nH]c(=O)c3)CC2)cn1. The molecule has 0 unspecified atom stereocenters. The van der Waals surface area contributed by atoms with Gasteiger partial charge in [0.1, 0.15) is 0 Å². The van der Waals surface area contributed by atoms with Crippen molar-refractivity contribution in [3.63, 3.8) is 0 Å². The molecule has 3 heterocycles. The van der Waals surface area contributed by atoms with Crippen LogP contribution in [0.4, 0.5) is 0 Å². The average molecular weight is 313 g/mol. The van der Waals surface area contributed by atoms with Gasteiger partial charge in [0.2, 0.25) is 11.4 Å². The van der Waals surface area contributed by atoms with E-state index in [0.717, 1.165) is 38.0 Å². The van der Waals surface area contributed by atoms with Crippen LogP contribution in [0, 0.1) is 0 Å². The fourth-order valence-corrected chi connectivity index (χ4v) is 3.14. The minimum absolute atomic E-state index is 0.00890. The number of hydrogen-bond acceptors (Lipinski definition) is 4. The molecule has 0 bridgehead atoms. The Kier molecular flexibility index (Phi) is 5.08.